The van der Waals surface area contributed by atoms with Gasteiger partial charge in [0.15, 0.2) is 0 Å². The van der Waals surface area contributed by atoms with Gasteiger partial charge in [-0.1, -0.05) is 35.3 Å². The van der Waals surface area contributed by atoms with E-state index in [1.807, 2.05) is 18.2 Å². The van der Waals surface area contributed by atoms with Gasteiger partial charge in [0.2, 0.25) is 0 Å². The monoisotopic (exact) mass is 376 g/mol. The number of hydrogen-bond acceptors (Lipinski definition) is 3. The highest BCUT2D eigenvalue weighted by Crippen LogP contribution is 2.48. The lowest BCUT2D eigenvalue weighted by Gasteiger charge is -2.36. The molecule has 2 fully saturated rings. The van der Waals surface area contributed by atoms with Gasteiger partial charge in [-0.15, -0.1) is 0 Å². The highest BCUT2D eigenvalue weighted by Gasteiger charge is 2.39. The molecule has 2 atom stereocenters. The van der Waals surface area contributed by atoms with Crippen molar-refractivity contribution in [2.45, 2.75) is 12.3 Å². The van der Waals surface area contributed by atoms with Gasteiger partial charge in [0.1, 0.15) is 5.75 Å². The Morgan fingerprint density at radius 2 is 1.68 bits per heavy atom. The number of anilines is 1. The van der Waals surface area contributed by atoms with Crippen LogP contribution in [0.4, 0.5) is 5.69 Å². The van der Waals surface area contributed by atoms with Crippen LogP contribution >= 0.6 is 23.2 Å². The minimum Gasteiger partial charge on any atom is -0.508 e. The zero-order valence-electron chi connectivity index (χ0n) is 14.0. The maximum atomic E-state index is 9.41. The topological polar surface area (TPSA) is 26.7 Å². The fourth-order valence-electron chi connectivity index (χ4n) is 3.82. The average Bonchev–Trinajstić information content (AvgIpc) is 3.36. The van der Waals surface area contributed by atoms with Gasteiger partial charge in [-0.2, -0.15) is 0 Å². The van der Waals surface area contributed by atoms with Gasteiger partial charge in [0, 0.05) is 37.7 Å². The molecular weight excluding hydrogens is 355 g/mol. The maximum Gasteiger partial charge on any atom is 0.115 e. The number of aromatic hydroxyl groups is 1. The van der Waals surface area contributed by atoms with Crippen LogP contribution < -0.4 is 4.90 Å². The Labute approximate surface area is 158 Å². The summed E-state index contributed by atoms with van der Waals surface area (Å²) >= 11 is 12.3. The summed E-state index contributed by atoms with van der Waals surface area (Å²) in [6, 6.07) is 13.4. The first kappa shape index (κ1) is 17.0. The van der Waals surface area contributed by atoms with Crippen LogP contribution in [0.15, 0.2) is 42.5 Å². The number of halogens is 2. The van der Waals surface area contributed by atoms with Crippen molar-refractivity contribution < 1.29 is 5.11 Å². The van der Waals surface area contributed by atoms with Gasteiger partial charge >= 0.3 is 0 Å². The normalized spacial score (nSPS) is 23.7. The fourth-order valence-corrected chi connectivity index (χ4v) is 4.35. The Morgan fingerprint density at radius 1 is 0.960 bits per heavy atom. The smallest absolute Gasteiger partial charge is 0.115 e. The molecule has 1 aliphatic heterocycles. The lowest BCUT2D eigenvalue weighted by molar-refractivity contribution is 0.246. The van der Waals surface area contributed by atoms with Crippen LogP contribution in [0.3, 0.4) is 0 Å². The van der Waals surface area contributed by atoms with Gasteiger partial charge in [-0.05, 0) is 54.2 Å². The summed E-state index contributed by atoms with van der Waals surface area (Å²) < 4.78 is 0. The van der Waals surface area contributed by atoms with Crippen LogP contribution in [-0.2, 0) is 0 Å². The Morgan fingerprint density at radius 3 is 2.36 bits per heavy atom. The van der Waals surface area contributed by atoms with Crippen molar-refractivity contribution in [3.8, 4) is 5.75 Å². The largest absolute Gasteiger partial charge is 0.508 e. The lowest BCUT2D eigenvalue weighted by atomic mass is 10.1. The van der Waals surface area contributed by atoms with Gasteiger partial charge < -0.3 is 10.0 Å². The van der Waals surface area contributed by atoms with Crippen LogP contribution in [0, 0.1) is 5.92 Å². The van der Waals surface area contributed by atoms with Crippen molar-refractivity contribution in [3.05, 3.63) is 58.1 Å². The number of benzene rings is 2. The second-order valence-corrected chi connectivity index (χ2v) is 7.92. The Hall–Kier alpha value is -1.42. The van der Waals surface area contributed by atoms with E-state index in [9.17, 15) is 5.11 Å². The highest BCUT2D eigenvalue weighted by molar-refractivity contribution is 6.36. The molecule has 1 aliphatic carbocycles. The molecule has 1 saturated heterocycles. The quantitative estimate of drug-likeness (QED) is 0.842. The number of phenols is 1. The molecule has 0 radical (unpaired) electrons. The van der Waals surface area contributed by atoms with Gasteiger partial charge in [0.05, 0.1) is 10.7 Å². The Balaban J connectivity index is 1.29. The molecule has 1 saturated carbocycles. The van der Waals surface area contributed by atoms with Crippen molar-refractivity contribution in [2.75, 3.05) is 37.6 Å². The Kier molecular flexibility index (Phi) is 4.81. The minimum atomic E-state index is 0.345. The molecule has 0 aromatic heterocycles. The predicted molar refractivity (Wildman–Crippen MR) is 104 cm³/mol. The molecule has 1 N–H and O–H groups in total. The summed E-state index contributed by atoms with van der Waals surface area (Å²) in [6.07, 6.45) is 1.26. The van der Waals surface area contributed by atoms with E-state index < -0.39 is 0 Å². The third-order valence-corrected chi connectivity index (χ3v) is 5.90. The number of rotatable bonds is 4. The number of phenolic OH excluding ortho intramolecular Hbond substituents is 1. The van der Waals surface area contributed by atoms with Crippen molar-refractivity contribution in [1.29, 1.82) is 0 Å². The van der Waals surface area contributed by atoms with E-state index in [2.05, 4.69) is 21.9 Å². The number of piperazine rings is 1. The van der Waals surface area contributed by atoms with Gasteiger partial charge in [-0.25, -0.2) is 0 Å². The van der Waals surface area contributed by atoms with E-state index >= 15 is 0 Å². The maximum absolute atomic E-state index is 9.41. The molecule has 132 valence electrons. The predicted octanol–water partition coefficient (Wildman–Crippen LogP) is 4.62. The summed E-state index contributed by atoms with van der Waals surface area (Å²) in [5.74, 6) is 1.75. The van der Waals surface area contributed by atoms with E-state index in [0.717, 1.165) is 49.4 Å². The average molecular weight is 377 g/mol. The second-order valence-electron chi connectivity index (χ2n) is 7.08. The van der Waals surface area contributed by atoms with Crippen LogP contribution in [0.1, 0.15) is 17.9 Å². The first-order chi connectivity index (χ1) is 12.1. The zero-order chi connectivity index (χ0) is 17.4. The lowest BCUT2D eigenvalue weighted by Crippen LogP contribution is -2.47. The third-order valence-electron chi connectivity index (χ3n) is 5.36. The van der Waals surface area contributed by atoms with Crippen LogP contribution in [0.5, 0.6) is 5.75 Å². The molecule has 1 heterocycles. The van der Waals surface area contributed by atoms with Gasteiger partial charge in [-0.3, -0.25) is 4.90 Å². The second kappa shape index (κ2) is 7.06. The van der Waals surface area contributed by atoms with E-state index in [1.54, 1.807) is 12.1 Å². The number of hydrogen-bond donors (Lipinski definition) is 1. The SMILES string of the molecule is Oc1ccc([C@H]2C[C@@H]2CN2CCN(c3ccc(Cl)cc3Cl)CC2)cc1. The standard InChI is InChI=1S/C20H22Cl2N2O/c21-16-3-6-20(19(22)12-16)24-9-7-23(8-10-24)13-15-11-18(15)14-1-4-17(25)5-2-14/h1-6,12,15,18,25H,7-11,13H2/t15-,18-/m1/s1. The molecule has 0 spiro atoms. The minimum absolute atomic E-state index is 0.345. The highest BCUT2D eigenvalue weighted by atomic mass is 35.5. The molecule has 0 bridgehead atoms. The van der Waals surface area contributed by atoms with Crippen molar-refractivity contribution in [2.24, 2.45) is 5.92 Å². The van der Waals surface area contributed by atoms with Crippen molar-refractivity contribution >= 4 is 28.9 Å². The molecule has 4 rings (SSSR count). The van der Waals surface area contributed by atoms with Crippen LogP contribution in [0.2, 0.25) is 10.0 Å². The first-order valence-electron chi connectivity index (χ1n) is 8.81. The molecular formula is C20H22Cl2N2O. The van der Waals surface area contributed by atoms with E-state index in [1.165, 1.54) is 12.0 Å². The van der Waals surface area contributed by atoms with E-state index in [4.69, 9.17) is 23.2 Å². The van der Waals surface area contributed by atoms with E-state index in [0.29, 0.717) is 16.7 Å². The van der Waals surface area contributed by atoms with Crippen LogP contribution in [-0.4, -0.2) is 42.7 Å². The molecule has 3 nitrogen and oxygen atoms in total. The van der Waals surface area contributed by atoms with Crippen LogP contribution in [0.25, 0.3) is 0 Å². The summed E-state index contributed by atoms with van der Waals surface area (Å²) in [4.78, 5) is 4.91. The molecule has 25 heavy (non-hydrogen) atoms. The van der Waals surface area contributed by atoms with Crippen molar-refractivity contribution in [3.63, 3.8) is 0 Å². The molecule has 0 unspecified atom stereocenters. The summed E-state index contributed by atoms with van der Waals surface area (Å²) in [5, 5.41) is 10.8. The fraction of sp³-hybridized carbons (Fsp3) is 0.400. The first-order valence-corrected chi connectivity index (χ1v) is 9.57. The van der Waals surface area contributed by atoms with Crippen molar-refractivity contribution in [1.82, 2.24) is 4.90 Å². The Bertz CT molecular complexity index is 742. The summed E-state index contributed by atoms with van der Waals surface area (Å²) in [5.41, 5.74) is 2.44. The summed E-state index contributed by atoms with van der Waals surface area (Å²) in [7, 11) is 0. The zero-order valence-corrected chi connectivity index (χ0v) is 15.5. The molecule has 2 aromatic carbocycles. The summed E-state index contributed by atoms with van der Waals surface area (Å²) in [6.45, 7) is 5.29. The van der Waals surface area contributed by atoms with E-state index in [-0.39, 0.29) is 0 Å². The third kappa shape index (κ3) is 3.89. The molecule has 2 aromatic rings. The molecule has 0 amide bonds. The molecule has 2 aliphatic rings. The number of nitrogens with zero attached hydrogens (tertiary/aromatic N) is 2. The van der Waals surface area contributed by atoms with Gasteiger partial charge in [0.25, 0.3) is 0 Å². The molecule has 5 heteroatoms.